The van der Waals surface area contributed by atoms with Gasteiger partial charge in [-0.3, -0.25) is 9.59 Å². The first-order valence-electron chi connectivity index (χ1n) is 8.52. The molecule has 0 bridgehead atoms. The van der Waals surface area contributed by atoms with E-state index in [0.29, 0.717) is 23.9 Å². The molecule has 0 fully saturated rings. The second kappa shape index (κ2) is 8.71. The summed E-state index contributed by atoms with van der Waals surface area (Å²) in [6.07, 6.45) is 2.81. The molecular formula is C19H19BrN4O2. The lowest BCUT2D eigenvalue weighted by molar-refractivity contribution is -0.116. The van der Waals surface area contributed by atoms with E-state index in [1.165, 1.54) is 4.68 Å². The lowest BCUT2D eigenvalue weighted by Crippen LogP contribution is -2.24. The summed E-state index contributed by atoms with van der Waals surface area (Å²) in [7, 11) is 0. The van der Waals surface area contributed by atoms with Gasteiger partial charge in [0.05, 0.1) is 11.1 Å². The molecule has 0 spiro atoms. The van der Waals surface area contributed by atoms with Crippen LogP contribution in [0, 0.1) is 0 Å². The molecule has 2 aromatic carbocycles. The van der Waals surface area contributed by atoms with Crippen molar-refractivity contribution >= 4 is 38.4 Å². The summed E-state index contributed by atoms with van der Waals surface area (Å²) in [6.45, 7) is 0.503. The first-order valence-corrected chi connectivity index (χ1v) is 9.31. The number of anilines is 1. The quantitative estimate of drug-likeness (QED) is 0.597. The van der Waals surface area contributed by atoms with Gasteiger partial charge in [0.1, 0.15) is 5.52 Å². The summed E-state index contributed by atoms with van der Waals surface area (Å²) in [6, 6.07) is 14.7. The number of halogens is 1. The third-order valence-corrected chi connectivity index (χ3v) is 4.74. The third-order valence-electron chi connectivity index (χ3n) is 4.05. The summed E-state index contributed by atoms with van der Waals surface area (Å²) in [5.74, 6) is -0.0143. The fourth-order valence-corrected chi connectivity index (χ4v) is 3.05. The Morgan fingerprint density at radius 1 is 1.04 bits per heavy atom. The molecular weight excluding hydrogens is 396 g/mol. The topological polar surface area (TPSA) is 76.9 Å². The van der Waals surface area contributed by atoms with Crippen LogP contribution in [-0.2, 0) is 11.3 Å². The summed E-state index contributed by atoms with van der Waals surface area (Å²) in [5, 5.41) is 11.5. The van der Waals surface area contributed by atoms with Gasteiger partial charge < -0.3 is 5.32 Å². The molecule has 6 nitrogen and oxygen atoms in total. The minimum absolute atomic E-state index is 0.0143. The number of rotatable bonds is 7. The van der Waals surface area contributed by atoms with Gasteiger partial charge in [0.2, 0.25) is 5.91 Å². The van der Waals surface area contributed by atoms with Gasteiger partial charge >= 0.3 is 0 Å². The lowest BCUT2D eigenvalue weighted by atomic mass is 10.2. The van der Waals surface area contributed by atoms with E-state index in [2.05, 4.69) is 31.6 Å². The van der Waals surface area contributed by atoms with E-state index in [-0.39, 0.29) is 11.5 Å². The van der Waals surface area contributed by atoms with Crippen molar-refractivity contribution in [2.45, 2.75) is 32.2 Å². The largest absolute Gasteiger partial charge is 0.325 e. The van der Waals surface area contributed by atoms with Crippen LogP contribution in [0.25, 0.3) is 10.9 Å². The molecule has 0 radical (unpaired) electrons. The molecule has 0 aliphatic carbocycles. The van der Waals surface area contributed by atoms with Crippen LogP contribution in [0.3, 0.4) is 0 Å². The number of hydrogen-bond acceptors (Lipinski definition) is 4. The zero-order valence-electron chi connectivity index (χ0n) is 14.2. The number of carbonyl (C=O) groups excluding carboxylic acids is 1. The number of para-hydroxylation sites is 1. The van der Waals surface area contributed by atoms with E-state index in [1.807, 2.05) is 36.4 Å². The first kappa shape index (κ1) is 18.3. The summed E-state index contributed by atoms with van der Waals surface area (Å²) >= 11 is 3.41. The second-order valence-corrected chi connectivity index (χ2v) is 6.83. The molecule has 1 heterocycles. The monoisotopic (exact) mass is 414 g/mol. The number of aromatic nitrogens is 3. The number of nitrogens with zero attached hydrogens (tertiary/aromatic N) is 3. The highest BCUT2D eigenvalue weighted by molar-refractivity contribution is 9.10. The number of benzene rings is 2. The Kier molecular flexibility index (Phi) is 6.12. The van der Waals surface area contributed by atoms with Gasteiger partial charge in [-0.1, -0.05) is 35.9 Å². The highest BCUT2D eigenvalue weighted by Crippen LogP contribution is 2.21. The molecule has 3 aromatic rings. The van der Waals surface area contributed by atoms with Crippen LogP contribution in [0.2, 0.25) is 0 Å². The van der Waals surface area contributed by atoms with Crippen LogP contribution in [0.4, 0.5) is 5.69 Å². The Hall–Kier alpha value is -2.54. The van der Waals surface area contributed by atoms with Gasteiger partial charge in [-0.05, 0) is 53.0 Å². The molecule has 1 aromatic heterocycles. The standard InChI is InChI=1S/C19H19BrN4O2/c20-15-9-4-6-11-17(15)21-18(25)12-2-1-7-13-24-19(26)14-8-3-5-10-16(14)22-23-24/h3-6,8-11H,1-2,7,12-13H2,(H,21,25). The van der Waals surface area contributed by atoms with Crippen molar-refractivity contribution in [3.8, 4) is 0 Å². The van der Waals surface area contributed by atoms with Crippen LogP contribution in [0.5, 0.6) is 0 Å². The number of carbonyl (C=O) groups is 1. The molecule has 0 unspecified atom stereocenters. The molecule has 1 amide bonds. The fourth-order valence-electron chi connectivity index (χ4n) is 2.67. The zero-order valence-corrected chi connectivity index (χ0v) is 15.8. The smallest absolute Gasteiger partial charge is 0.277 e. The maximum atomic E-state index is 12.3. The number of unbranched alkanes of at least 4 members (excludes halogenated alkanes) is 2. The zero-order chi connectivity index (χ0) is 18.4. The van der Waals surface area contributed by atoms with Gasteiger partial charge in [0.15, 0.2) is 0 Å². The fraction of sp³-hybridized carbons (Fsp3) is 0.263. The van der Waals surface area contributed by atoms with E-state index in [4.69, 9.17) is 0 Å². The normalized spacial score (nSPS) is 10.8. The molecule has 26 heavy (non-hydrogen) atoms. The molecule has 7 heteroatoms. The van der Waals surface area contributed by atoms with E-state index in [1.54, 1.807) is 12.1 Å². The Bertz CT molecular complexity index is 971. The number of amides is 1. The first-order chi connectivity index (χ1) is 12.6. The molecule has 134 valence electrons. The number of fused-ring (bicyclic) bond motifs is 1. The van der Waals surface area contributed by atoms with Gasteiger partial charge in [-0.15, -0.1) is 5.10 Å². The summed E-state index contributed by atoms with van der Waals surface area (Å²) in [5.41, 5.74) is 1.26. The Morgan fingerprint density at radius 3 is 2.65 bits per heavy atom. The van der Waals surface area contributed by atoms with Crippen LogP contribution in [-0.4, -0.2) is 20.9 Å². The number of hydrogen-bond donors (Lipinski definition) is 1. The second-order valence-electron chi connectivity index (χ2n) is 5.97. The van der Waals surface area contributed by atoms with E-state index in [9.17, 15) is 9.59 Å². The molecule has 0 aliphatic rings. The number of aryl methyl sites for hydroxylation is 1. The van der Waals surface area contributed by atoms with Gasteiger partial charge in [-0.2, -0.15) is 0 Å². The van der Waals surface area contributed by atoms with Crippen molar-refractivity contribution < 1.29 is 4.79 Å². The molecule has 0 saturated heterocycles. The Balaban J connectivity index is 1.45. The van der Waals surface area contributed by atoms with E-state index in [0.717, 1.165) is 29.4 Å². The molecule has 1 N–H and O–H groups in total. The van der Waals surface area contributed by atoms with Crippen LogP contribution in [0.1, 0.15) is 25.7 Å². The summed E-state index contributed by atoms with van der Waals surface area (Å²) < 4.78 is 2.26. The highest BCUT2D eigenvalue weighted by atomic mass is 79.9. The van der Waals surface area contributed by atoms with Crippen molar-refractivity contribution in [1.82, 2.24) is 15.0 Å². The predicted molar refractivity (Wildman–Crippen MR) is 105 cm³/mol. The molecule has 0 atom stereocenters. The van der Waals surface area contributed by atoms with Crippen LogP contribution >= 0.6 is 15.9 Å². The molecule has 3 rings (SSSR count). The minimum Gasteiger partial charge on any atom is -0.325 e. The SMILES string of the molecule is O=C(CCCCCn1nnc2ccccc2c1=O)Nc1ccccc1Br. The number of nitrogens with one attached hydrogen (secondary N) is 1. The summed E-state index contributed by atoms with van der Waals surface area (Å²) in [4.78, 5) is 24.3. The highest BCUT2D eigenvalue weighted by Gasteiger charge is 2.06. The van der Waals surface area contributed by atoms with Gasteiger partial charge in [-0.25, -0.2) is 4.68 Å². The van der Waals surface area contributed by atoms with Crippen molar-refractivity contribution in [3.63, 3.8) is 0 Å². The molecule has 0 saturated carbocycles. The van der Waals surface area contributed by atoms with Crippen LogP contribution < -0.4 is 10.9 Å². The Labute approximate surface area is 159 Å². The van der Waals surface area contributed by atoms with Gasteiger partial charge in [0, 0.05) is 17.4 Å². The lowest BCUT2D eigenvalue weighted by Gasteiger charge is -2.07. The molecule has 0 aliphatic heterocycles. The average molecular weight is 415 g/mol. The van der Waals surface area contributed by atoms with Crippen molar-refractivity contribution in [2.75, 3.05) is 5.32 Å². The van der Waals surface area contributed by atoms with Crippen molar-refractivity contribution in [3.05, 3.63) is 63.4 Å². The van der Waals surface area contributed by atoms with Crippen molar-refractivity contribution in [2.24, 2.45) is 0 Å². The predicted octanol–water partition coefficient (Wildman–Crippen LogP) is 3.75. The average Bonchev–Trinajstić information content (AvgIpc) is 2.65. The van der Waals surface area contributed by atoms with Crippen molar-refractivity contribution in [1.29, 1.82) is 0 Å². The third kappa shape index (κ3) is 4.54. The minimum atomic E-state index is -0.123. The Morgan fingerprint density at radius 2 is 1.81 bits per heavy atom. The maximum Gasteiger partial charge on any atom is 0.277 e. The van der Waals surface area contributed by atoms with E-state index >= 15 is 0 Å². The maximum absolute atomic E-state index is 12.3. The van der Waals surface area contributed by atoms with Gasteiger partial charge in [0.25, 0.3) is 5.56 Å². The van der Waals surface area contributed by atoms with Crippen LogP contribution in [0.15, 0.2) is 57.8 Å². The van der Waals surface area contributed by atoms with E-state index < -0.39 is 0 Å².